The van der Waals surface area contributed by atoms with Gasteiger partial charge in [-0.3, -0.25) is 9.59 Å². The van der Waals surface area contributed by atoms with Crippen LogP contribution in [0, 0.1) is 0 Å². The summed E-state index contributed by atoms with van der Waals surface area (Å²) in [5.74, 6) is -0.509. The fraction of sp³-hybridized carbons (Fsp3) is 0.737. The van der Waals surface area contributed by atoms with Crippen molar-refractivity contribution in [1.82, 2.24) is 9.78 Å². The fourth-order valence-corrected chi connectivity index (χ4v) is 3.22. The molecule has 0 aliphatic carbocycles. The number of halogens is 3. The van der Waals surface area contributed by atoms with Gasteiger partial charge in [0.1, 0.15) is 12.3 Å². The van der Waals surface area contributed by atoms with Gasteiger partial charge in [0.25, 0.3) is 5.56 Å². The van der Waals surface area contributed by atoms with E-state index >= 15 is 0 Å². The Morgan fingerprint density at radius 3 is 2.47 bits per heavy atom. The number of aromatic nitrogens is 2. The lowest BCUT2D eigenvalue weighted by atomic mass is 10.1. The summed E-state index contributed by atoms with van der Waals surface area (Å²) >= 11 is 0. The van der Waals surface area contributed by atoms with Crippen LogP contribution in [0.25, 0.3) is 0 Å². The molecule has 0 spiro atoms. The van der Waals surface area contributed by atoms with Crippen LogP contribution >= 0.6 is 0 Å². The summed E-state index contributed by atoms with van der Waals surface area (Å²) in [7, 11) is -0.179. The second-order valence-corrected chi connectivity index (χ2v) is 14.1. The number of alkyl halides is 3. The highest BCUT2D eigenvalue weighted by Crippen LogP contribution is 2.32. The van der Waals surface area contributed by atoms with Gasteiger partial charge in [-0.15, -0.1) is 0 Å². The maximum Gasteiger partial charge on any atom is 0.423 e. The van der Waals surface area contributed by atoms with Gasteiger partial charge in [-0.1, -0.05) is 19.6 Å². The van der Waals surface area contributed by atoms with Crippen LogP contribution in [0.5, 0.6) is 0 Å². The number of hydrogen-bond donors (Lipinski definition) is 2. The Kier molecular flexibility index (Phi) is 10.8. The molecule has 0 bridgehead atoms. The molecule has 32 heavy (non-hydrogen) atoms. The van der Waals surface area contributed by atoms with Crippen LogP contribution in [0.1, 0.15) is 18.9 Å². The average molecular weight is 484 g/mol. The molecule has 0 saturated carbocycles. The van der Waals surface area contributed by atoms with E-state index in [9.17, 15) is 27.9 Å². The highest BCUT2D eigenvalue weighted by atomic mass is 28.3. The van der Waals surface area contributed by atoms with Crippen molar-refractivity contribution in [2.24, 2.45) is 0 Å². The van der Waals surface area contributed by atoms with Crippen molar-refractivity contribution in [3.63, 3.8) is 0 Å². The molecule has 1 aromatic rings. The monoisotopic (exact) mass is 483 g/mol. The molecule has 0 aromatic carbocycles. The van der Waals surface area contributed by atoms with Crippen molar-refractivity contribution >= 4 is 19.7 Å². The van der Waals surface area contributed by atoms with Crippen LogP contribution in [0.15, 0.2) is 11.0 Å². The van der Waals surface area contributed by atoms with Gasteiger partial charge in [0, 0.05) is 14.7 Å². The summed E-state index contributed by atoms with van der Waals surface area (Å²) in [4.78, 5) is 23.6. The standard InChI is InChI=1S/C19H32F3N3O6Si/c1-13(26)15(11-30-7-6-16(27)29-2)24-14-10-23-25(12-31-8-9-32(3,4)5)18(28)17(14)19(20,21)22/h10,13,15,24,26H,6-9,11-12H2,1-5H3/t13-,15+/m0/s1. The van der Waals surface area contributed by atoms with E-state index in [2.05, 4.69) is 34.8 Å². The van der Waals surface area contributed by atoms with Crippen molar-refractivity contribution < 1.29 is 37.3 Å². The third-order valence-electron chi connectivity index (χ3n) is 4.44. The first-order valence-electron chi connectivity index (χ1n) is 10.1. The number of aliphatic hydroxyl groups excluding tert-OH is 1. The van der Waals surface area contributed by atoms with E-state index in [-0.39, 0.29) is 19.6 Å². The molecule has 13 heteroatoms. The Morgan fingerprint density at radius 2 is 1.94 bits per heavy atom. The molecule has 2 atom stereocenters. The second-order valence-electron chi connectivity index (χ2n) is 8.48. The highest BCUT2D eigenvalue weighted by molar-refractivity contribution is 6.76. The smallest absolute Gasteiger partial charge is 0.423 e. The minimum Gasteiger partial charge on any atom is -0.469 e. The minimum absolute atomic E-state index is 0.0433. The second kappa shape index (κ2) is 12.3. The molecule has 1 heterocycles. The normalized spacial score (nSPS) is 14.2. The first-order valence-corrected chi connectivity index (χ1v) is 13.8. The molecule has 0 radical (unpaired) electrons. The number of hydrogen-bond acceptors (Lipinski definition) is 8. The van der Waals surface area contributed by atoms with Crippen LogP contribution in [-0.4, -0.2) is 68.0 Å². The largest absolute Gasteiger partial charge is 0.469 e. The molecular weight excluding hydrogens is 451 g/mol. The van der Waals surface area contributed by atoms with E-state index in [0.29, 0.717) is 11.3 Å². The number of ether oxygens (including phenoxy) is 3. The Bertz CT molecular complexity index is 796. The number of nitrogens with one attached hydrogen (secondary N) is 1. The lowest BCUT2D eigenvalue weighted by molar-refractivity contribution is -0.142. The van der Waals surface area contributed by atoms with E-state index in [1.54, 1.807) is 0 Å². The summed E-state index contributed by atoms with van der Waals surface area (Å²) < 4.78 is 56.7. The molecule has 184 valence electrons. The fourth-order valence-electron chi connectivity index (χ4n) is 2.46. The molecule has 1 aromatic heterocycles. The Balaban J connectivity index is 2.96. The Morgan fingerprint density at radius 1 is 1.28 bits per heavy atom. The summed E-state index contributed by atoms with van der Waals surface area (Å²) in [5, 5.41) is 16.2. The van der Waals surface area contributed by atoms with Gasteiger partial charge < -0.3 is 24.6 Å². The Labute approximate surface area is 185 Å². The van der Waals surface area contributed by atoms with Crippen molar-refractivity contribution in [3.05, 3.63) is 22.1 Å². The molecule has 0 aliphatic rings. The van der Waals surface area contributed by atoms with Gasteiger partial charge in [-0.05, 0) is 13.0 Å². The number of esters is 1. The minimum atomic E-state index is -4.96. The van der Waals surface area contributed by atoms with E-state index in [1.807, 2.05) is 0 Å². The summed E-state index contributed by atoms with van der Waals surface area (Å²) in [5.41, 5.74) is -3.38. The van der Waals surface area contributed by atoms with E-state index < -0.39 is 55.9 Å². The molecule has 2 N–H and O–H groups in total. The lowest BCUT2D eigenvalue weighted by Gasteiger charge is -2.24. The number of nitrogens with zero attached hydrogens (tertiary/aromatic N) is 2. The number of aliphatic hydroxyl groups is 1. The third-order valence-corrected chi connectivity index (χ3v) is 6.14. The van der Waals surface area contributed by atoms with Gasteiger partial charge in [-0.2, -0.15) is 18.3 Å². The maximum atomic E-state index is 13.7. The molecule has 1 rings (SSSR count). The first kappa shape index (κ1) is 28.1. The molecule has 9 nitrogen and oxygen atoms in total. The molecule has 0 fully saturated rings. The third kappa shape index (κ3) is 9.67. The molecular formula is C19H32F3N3O6Si. The number of carbonyl (C=O) groups is 1. The van der Waals surface area contributed by atoms with Gasteiger partial charge >= 0.3 is 12.1 Å². The zero-order valence-electron chi connectivity index (χ0n) is 19.0. The maximum absolute atomic E-state index is 13.7. The zero-order chi connectivity index (χ0) is 24.5. The van der Waals surface area contributed by atoms with E-state index in [4.69, 9.17) is 9.47 Å². The van der Waals surface area contributed by atoms with Crippen molar-refractivity contribution in [1.29, 1.82) is 0 Å². The molecule has 0 amide bonds. The topological polar surface area (TPSA) is 112 Å². The van der Waals surface area contributed by atoms with Gasteiger partial charge in [0.05, 0.1) is 50.8 Å². The van der Waals surface area contributed by atoms with Crippen LogP contribution < -0.4 is 10.9 Å². The van der Waals surface area contributed by atoms with E-state index in [1.165, 1.54) is 14.0 Å². The van der Waals surface area contributed by atoms with Crippen molar-refractivity contribution in [3.8, 4) is 0 Å². The van der Waals surface area contributed by atoms with Crippen LogP contribution in [-0.2, 0) is 31.9 Å². The highest BCUT2D eigenvalue weighted by Gasteiger charge is 2.39. The van der Waals surface area contributed by atoms with Gasteiger partial charge in [-0.25, -0.2) is 4.68 Å². The first-order chi connectivity index (χ1) is 14.8. The predicted molar refractivity (Wildman–Crippen MR) is 114 cm³/mol. The van der Waals surface area contributed by atoms with Crippen molar-refractivity contribution in [2.75, 3.05) is 32.2 Å². The van der Waals surface area contributed by atoms with Gasteiger partial charge in [0.2, 0.25) is 0 Å². The Hall–Kier alpha value is -1.96. The molecule has 0 aliphatic heterocycles. The lowest BCUT2D eigenvalue weighted by Crippen LogP contribution is -2.39. The van der Waals surface area contributed by atoms with Gasteiger partial charge in [0.15, 0.2) is 0 Å². The SMILES string of the molecule is COC(=O)CCOC[C@@H](Nc1cnn(COCC[Si](C)(C)C)c(=O)c1C(F)(F)F)[C@H](C)O. The average Bonchev–Trinajstić information content (AvgIpc) is 2.66. The zero-order valence-corrected chi connectivity index (χ0v) is 20.0. The summed E-state index contributed by atoms with van der Waals surface area (Å²) in [6.45, 7) is 7.40. The quantitative estimate of drug-likeness (QED) is 0.250. The van der Waals surface area contributed by atoms with Crippen LogP contribution in [0.2, 0.25) is 25.7 Å². The summed E-state index contributed by atoms with van der Waals surface area (Å²) in [6.07, 6.45) is -5.26. The molecule has 0 unspecified atom stereocenters. The molecule has 0 saturated heterocycles. The number of anilines is 1. The number of carbonyl (C=O) groups excluding carboxylic acids is 1. The van der Waals surface area contributed by atoms with Crippen LogP contribution in [0.4, 0.5) is 18.9 Å². The predicted octanol–water partition coefficient (Wildman–Crippen LogP) is 2.32. The summed E-state index contributed by atoms with van der Waals surface area (Å²) in [6, 6.07) is -0.196. The number of methoxy groups -OCH3 is 1. The van der Waals surface area contributed by atoms with Crippen LogP contribution in [0.3, 0.4) is 0 Å². The van der Waals surface area contributed by atoms with E-state index in [0.717, 1.165) is 12.2 Å². The number of rotatable bonds is 13. The van der Waals surface area contributed by atoms with Crippen molar-refractivity contribution in [2.45, 2.75) is 64.1 Å².